The van der Waals surface area contributed by atoms with Crippen LogP contribution in [0.4, 0.5) is 0 Å². The van der Waals surface area contributed by atoms with Gasteiger partial charge in [-0.25, -0.2) is 0 Å². The highest BCUT2D eigenvalue weighted by atomic mass is 16.1. The average Bonchev–Trinajstić information content (AvgIpc) is 2.96. The summed E-state index contributed by atoms with van der Waals surface area (Å²) in [6.07, 6.45) is 0. The fraction of sp³-hybridized carbons (Fsp3) is 0.500. The second-order valence-electron chi connectivity index (χ2n) is 7.66. The molecule has 0 bridgehead atoms. The molecule has 0 aliphatic carbocycles. The summed E-state index contributed by atoms with van der Waals surface area (Å²) >= 11 is 0. The Morgan fingerprint density at radius 2 is 1.83 bits per heavy atom. The molecule has 0 radical (unpaired) electrons. The van der Waals surface area contributed by atoms with Crippen molar-refractivity contribution in [3.8, 4) is 11.3 Å². The van der Waals surface area contributed by atoms with Gasteiger partial charge in [-0.3, -0.25) is 9.48 Å². The molecule has 4 heteroatoms. The van der Waals surface area contributed by atoms with Crippen LogP contribution in [0, 0.1) is 5.92 Å². The summed E-state index contributed by atoms with van der Waals surface area (Å²) in [6.45, 7) is 14.2. The van der Waals surface area contributed by atoms with E-state index in [2.05, 4.69) is 69.3 Å². The number of hydrogen-bond donors (Lipinski definition) is 1. The fourth-order valence-corrected chi connectivity index (χ4v) is 2.53. The first-order valence-electron chi connectivity index (χ1n) is 8.69. The van der Waals surface area contributed by atoms with E-state index in [0.29, 0.717) is 18.2 Å². The van der Waals surface area contributed by atoms with E-state index in [1.165, 1.54) is 5.56 Å². The monoisotopic (exact) mass is 327 g/mol. The van der Waals surface area contributed by atoms with E-state index in [4.69, 9.17) is 0 Å². The highest BCUT2D eigenvalue weighted by molar-refractivity contribution is 5.93. The van der Waals surface area contributed by atoms with Gasteiger partial charge < -0.3 is 5.32 Å². The van der Waals surface area contributed by atoms with Gasteiger partial charge in [0, 0.05) is 13.1 Å². The Hall–Kier alpha value is -2.10. The van der Waals surface area contributed by atoms with Crippen LogP contribution in [0.5, 0.6) is 0 Å². The minimum absolute atomic E-state index is 0.108. The molecule has 0 aliphatic heterocycles. The Kier molecular flexibility index (Phi) is 5.47. The third-order valence-corrected chi connectivity index (χ3v) is 4.03. The molecule has 1 aromatic carbocycles. The standard InChI is InChI=1S/C20H29N3O/c1-7-23-18(12-17(22-23)19(24)21-13-14(2)3)15-8-10-16(11-9-15)20(4,5)6/h8-12,14H,7,13H2,1-6H3,(H,21,24). The van der Waals surface area contributed by atoms with Gasteiger partial charge in [0.05, 0.1) is 5.69 Å². The minimum atomic E-state index is -0.108. The molecular weight excluding hydrogens is 298 g/mol. The first-order valence-corrected chi connectivity index (χ1v) is 8.69. The van der Waals surface area contributed by atoms with Gasteiger partial charge in [0.1, 0.15) is 0 Å². The van der Waals surface area contributed by atoms with Crippen LogP contribution in [0.15, 0.2) is 30.3 Å². The van der Waals surface area contributed by atoms with Gasteiger partial charge in [-0.05, 0) is 35.4 Å². The van der Waals surface area contributed by atoms with Crippen LogP contribution in [0.2, 0.25) is 0 Å². The molecule has 1 heterocycles. The van der Waals surface area contributed by atoms with Gasteiger partial charge in [0.25, 0.3) is 5.91 Å². The van der Waals surface area contributed by atoms with Crippen LogP contribution >= 0.6 is 0 Å². The number of carbonyl (C=O) groups is 1. The lowest BCUT2D eigenvalue weighted by Crippen LogP contribution is -2.27. The summed E-state index contributed by atoms with van der Waals surface area (Å²) in [6, 6.07) is 10.4. The lowest BCUT2D eigenvalue weighted by molar-refractivity contribution is 0.0943. The quantitative estimate of drug-likeness (QED) is 0.892. The van der Waals surface area contributed by atoms with Crippen molar-refractivity contribution in [2.24, 2.45) is 5.92 Å². The second kappa shape index (κ2) is 7.20. The number of nitrogens with zero attached hydrogens (tertiary/aromatic N) is 2. The summed E-state index contributed by atoms with van der Waals surface area (Å²) in [5, 5.41) is 7.39. The highest BCUT2D eigenvalue weighted by Gasteiger charge is 2.17. The molecule has 0 aliphatic rings. The van der Waals surface area contributed by atoms with E-state index in [-0.39, 0.29) is 11.3 Å². The Balaban J connectivity index is 2.28. The van der Waals surface area contributed by atoms with Crippen LogP contribution in [-0.2, 0) is 12.0 Å². The number of rotatable bonds is 5. The minimum Gasteiger partial charge on any atom is -0.350 e. The molecule has 0 saturated heterocycles. The molecule has 2 rings (SSSR count). The molecule has 0 saturated carbocycles. The average molecular weight is 327 g/mol. The van der Waals surface area contributed by atoms with Crippen LogP contribution in [0.3, 0.4) is 0 Å². The van der Waals surface area contributed by atoms with Gasteiger partial charge >= 0.3 is 0 Å². The Morgan fingerprint density at radius 3 is 2.33 bits per heavy atom. The topological polar surface area (TPSA) is 46.9 Å². The van der Waals surface area contributed by atoms with Gasteiger partial charge in [-0.15, -0.1) is 0 Å². The van der Waals surface area contributed by atoms with Crippen LogP contribution in [0.25, 0.3) is 11.3 Å². The highest BCUT2D eigenvalue weighted by Crippen LogP contribution is 2.26. The lowest BCUT2D eigenvalue weighted by Gasteiger charge is -2.19. The number of hydrogen-bond acceptors (Lipinski definition) is 2. The number of benzene rings is 1. The van der Waals surface area contributed by atoms with E-state index in [9.17, 15) is 4.79 Å². The van der Waals surface area contributed by atoms with Gasteiger partial charge in [0.2, 0.25) is 0 Å². The van der Waals surface area contributed by atoms with Crippen molar-refractivity contribution in [1.29, 1.82) is 0 Å². The van der Waals surface area contributed by atoms with Crippen molar-refractivity contribution in [3.05, 3.63) is 41.6 Å². The number of aromatic nitrogens is 2. The largest absolute Gasteiger partial charge is 0.350 e. The van der Waals surface area contributed by atoms with Crippen LogP contribution < -0.4 is 5.32 Å². The smallest absolute Gasteiger partial charge is 0.271 e. The van der Waals surface area contributed by atoms with E-state index in [0.717, 1.165) is 17.8 Å². The maximum atomic E-state index is 12.3. The molecule has 2 aromatic rings. The molecule has 1 N–H and O–H groups in total. The number of aryl methyl sites for hydroxylation is 1. The zero-order valence-electron chi connectivity index (χ0n) is 15.7. The maximum Gasteiger partial charge on any atom is 0.271 e. The Bertz CT molecular complexity index is 691. The second-order valence-corrected chi connectivity index (χ2v) is 7.66. The van der Waals surface area contributed by atoms with Crippen molar-refractivity contribution in [1.82, 2.24) is 15.1 Å². The Labute approximate surface area is 145 Å². The lowest BCUT2D eigenvalue weighted by atomic mass is 9.86. The van der Waals surface area contributed by atoms with E-state index in [1.54, 1.807) is 0 Å². The van der Waals surface area contributed by atoms with Crippen molar-refractivity contribution in [2.75, 3.05) is 6.54 Å². The van der Waals surface area contributed by atoms with Crippen molar-refractivity contribution in [2.45, 2.75) is 53.5 Å². The zero-order valence-corrected chi connectivity index (χ0v) is 15.7. The van der Waals surface area contributed by atoms with Crippen LogP contribution in [0.1, 0.15) is 57.6 Å². The van der Waals surface area contributed by atoms with Crippen molar-refractivity contribution >= 4 is 5.91 Å². The normalized spacial score (nSPS) is 11.8. The predicted octanol–water partition coefficient (Wildman–Crippen LogP) is 4.25. The van der Waals surface area contributed by atoms with E-state index >= 15 is 0 Å². The Morgan fingerprint density at radius 1 is 1.21 bits per heavy atom. The van der Waals surface area contributed by atoms with Gasteiger partial charge in [-0.1, -0.05) is 58.9 Å². The molecule has 1 aromatic heterocycles. The number of amides is 1. The molecule has 0 unspecified atom stereocenters. The molecule has 24 heavy (non-hydrogen) atoms. The summed E-state index contributed by atoms with van der Waals surface area (Å²) < 4.78 is 1.89. The molecule has 1 amide bonds. The first kappa shape index (κ1) is 18.2. The molecule has 130 valence electrons. The SMILES string of the molecule is CCn1nc(C(=O)NCC(C)C)cc1-c1ccc(C(C)(C)C)cc1. The van der Waals surface area contributed by atoms with E-state index in [1.807, 2.05) is 17.7 Å². The van der Waals surface area contributed by atoms with Gasteiger partial charge in [-0.2, -0.15) is 5.10 Å². The first-order chi connectivity index (χ1) is 11.2. The summed E-state index contributed by atoms with van der Waals surface area (Å²) in [7, 11) is 0. The van der Waals surface area contributed by atoms with Crippen molar-refractivity contribution in [3.63, 3.8) is 0 Å². The van der Waals surface area contributed by atoms with Gasteiger partial charge in [0.15, 0.2) is 5.69 Å². The third kappa shape index (κ3) is 4.25. The number of carbonyl (C=O) groups excluding carboxylic acids is 1. The summed E-state index contributed by atoms with van der Waals surface area (Å²) in [5.74, 6) is 0.315. The third-order valence-electron chi connectivity index (χ3n) is 4.03. The summed E-state index contributed by atoms with van der Waals surface area (Å²) in [5.41, 5.74) is 3.97. The molecule has 0 fully saturated rings. The van der Waals surface area contributed by atoms with Crippen molar-refractivity contribution < 1.29 is 4.79 Å². The predicted molar refractivity (Wildman–Crippen MR) is 99.2 cm³/mol. The summed E-state index contributed by atoms with van der Waals surface area (Å²) in [4.78, 5) is 12.3. The van der Waals surface area contributed by atoms with E-state index < -0.39 is 0 Å². The molecule has 0 spiro atoms. The number of nitrogens with one attached hydrogen (secondary N) is 1. The molecule has 4 nitrogen and oxygen atoms in total. The van der Waals surface area contributed by atoms with Crippen LogP contribution in [-0.4, -0.2) is 22.2 Å². The molecule has 0 atom stereocenters. The molecular formula is C20H29N3O. The zero-order chi connectivity index (χ0) is 17.9. The fourth-order valence-electron chi connectivity index (χ4n) is 2.53. The maximum absolute atomic E-state index is 12.3.